The van der Waals surface area contributed by atoms with Gasteiger partial charge in [0.15, 0.2) is 0 Å². The predicted molar refractivity (Wildman–Crippen MR) is 70.9 cm³/mol. The maximum atomic E-state index is 11.8. The van der Waals surface area contributed by atoms with Crippen LogP contribution in [0.1, 0.15) is 6.42 Å². The van der Waals surface area contributed by atoms with E-state index in [0.29, 0.717) is 11.4 Å². The summed E-state index contributed by atoms with van der Waals surface area (Å²) in [6.45, 7) is -1.34. The number of hydrogen-bond acceptors (Lipinski definition) is 4. The normalized spacial score (nSPS) is 11.2. The molecule has 1 rings (SSSR count). The van der Waals surface area contributed by atoms with Crippen LogP contribution in [0.3, 0.4) is 0 Å². The third-order valence-electron chi connectivity index (χ3n) is 2.29. The molecule has 0 aromatic heterocycles. The molecule has 0 unspecified atom stereocenters. The second-order valence-corrected chi connectivity index (χ2v) is 4.19. The number of nitrogens with one attached hydrogen (secondary N) is 1. The standard InChI is InChI=1S/C13H17F3N2O3/c14-13(15,16)9-20-7-5-18-12(19)4-6-21-11-3-1-2-10(17)8-11/h1-3,8H,4-7,9,17H2,(H,18,19). The predicted octanol–water partition coefficient (Wildman–Crippen LogP) is 1.73. The van der Waals surface area contributed by atoms with E-state index in [4.69, 9.17) is 10.5 Å². The molecule has 5 nitrogen and oxygen atoms in total. The van der Waals surface area contributed by atoms with Gasteiger partial charge in [-0.05, 0) is 12.1 Å². The SMILES string of the molecule is Nc1cccc(OCCC(=O)NCCOCC(F)(F)F)c1. The molecule has 0 bridgehead atoms. The van der Waals surface area contributed by atoms with Gasteiger partial charge < -0.3 is 20.5 Å². The maximum absolute atomic E-state index is 11.8. The van der Waals surface area contributed by atoms with E-state index in [1.54, 1.807) is 24.3 Å². The lowest BCUT2D eigenvalue weighted by molar-refractivity contribution is -0.173. The summed E-state index contributed by atoms with van der Waals surface area (Å²) in [7, 11) is 0. The highest BCUT2D eigenvalue weighted by molar-refractivity contribution is 5.75. The monoisotopic (exact) mass is 306 g/mol. The van der Waals surface area contributed by atoms with Gasteiger partial charge in [-0.15, -0.1) is 0 Å². The van der Waals surface area contributed by atoms with Crippen molar-refractivity contribution in [2.75, 3.05) is 32.1 Å². The number of hydrogen-bond donors (Lipinski definition) is 2. The van der Waals surface area contributed by atoms with Crippen molar-refractivity contribution in [1.29, 1.82) is 0 Å². The Morgan fingerprint density at radius 1 is 1.29 bits per heavy atom. The van der Waals surface area contributed by atoms with E-state index < -0.39 is 12.8 Å². The smallest absolute Gasteiger partial charge is 0.411 e. The number of benzene rings is 1. The summed E-state index contributed by atoms with van der Waals surface area (Å²) in [6, 6.07) is 6.77. The summed E-state index contributed by atoms with van der Waals surface area (Å²) in [4.78, 5) is 11.4. The molecule has 0 radical (unpaired) electrons. The number of anilines is 1. The van der Waals surface area contributed by atoms with Gasteiger partial charge in [-0.3, -0.25) is 4.79 Å². The minimum atomic E-state index is -4.35. The first-order valence-corrected chi connectivity index (χ1v) is 6.26. The summed E-state index contributed by atoms with van der Waals surface area (Å²) in [5, 5.41) is 2.43. The quantitative estimate of drug-likeness (QED) is 0.567. The molecule has 0 saturated heterocycles. The number of carbonyl (C=O) groups excluding carboxylic acids is 1. The zero-order valence-corrected chi connectivity index (χ0v) is 11.3. The van der Waals surface area contributed by atoms with Crippen molar-refractivity contribution in [3.63, 3.8) is 0 Å². The molecule has 0 saturated carbocycles. The maximum Gasteiger partial charge on any atom is 0.411 e. The summed E-state index contributed by atoms with van der Waals surface area (Å²) >= 11 is 0. The van der Waals surface area contributed by atoms with Gasteiger partial charge in [-0.2, -0.15) is 13.2 Å². The highest BCUT2D eigenvalue weighted by atomic mass is 19.4. The first-order chi connectivity index (χ1) is 9.87. The van der Waals surface area contributed by atoms with Gasteiger partial charge in [0.2, 0.25) is 5.91 Å². The number of rotatable bonds is 8. The molecule has 0 heterocycles. The van der Waals surface area contributed by atoms with E-state index in [-0.39, 0.29) is 32.1 Å². The van der Waals surface area contributed by atoms with Crippen LogP contribution in [0.15, 0.2) is 24.3 Å². The largest absolute Gasteiger partial charge is 0.493 e. The fraction of sp³-hybridized carbons (Fsp3) is 0.462. The van der Waals surface area contributed by atoms with Crippen molar-refractivity contribution < 1.29 is 27.4 Å². The minimum absolute atomic E-state index is 0.0210. The van der Waals surface area contributed by atoms with Crippen LogP contribution in [0.2, 0.25) is 0 Å². The summed E-state index contributed by atoms with van der Waals surface area (Å²) in [5.74, 6) is 0.228. The van der Waals surface area contributed by atoms with Crippen LogP contribution in [-0.2, 0) is 9.53 Å². The number of amides is 1. The Morgan fingerprint density at radius 2 is 2.05 bits per heavy atom. The Bertz CT molecular complexity index is 453. The summed E-state index contributed by atoms with van der Waals surface area (Å²) in [5.41, 5.74) is 6.12. The molecule has 0 fully saturated rings. The van der Waals surface area contributed by atoms with Crippen molar-refractivity contribution >= 4 is 11.6 Å². The van der Waals surface area contributed by atoms with E-state index in [1.165, 1.54) is 0 Å². The van der Waals surface area contributed by atoms with Gasteiger partial charge >= 0.3 is 6.18 Å². The Kier molecular flexibility index (Phi) is 6.80. The van der Waals surface area contributed by atoms with Crippen LogP contribution in [-0.4, -0.2) is 38.4 Å². The molecular weight excluding hydrogens is 289 g/mol. The van der Waals surface area contributed by atoms with E-state index in [1.807, 2.05) is 0 Å². The first kappa shape index (κ1) is 17.1. The summed E-state index contributed by atoms with van der Waals surface area (Å²) in [6.07, 6.45) is -4.26. The lowest BCUT2D eigenvalue weighted by Gasteiger charge is -2.09. The number of nitrogen functional groups attached to an aromatic ring is 1. The molecule has 1 aromatic rings. The molecule has 0 aliphatic carbocycles. The van der Waals surface area contributed by atoms with Gasteiger partial charge in [0.25, 0.3) is 0 Å². The van der Waals surface area contributed by atoms with Gasteiger partial charge in [0.1, 0.15) is 12.4 Å². The number of halogens is 3. The molecule has 0 atom stereocenters. The van der Waals surface area contributed by atoms with E-state index in [9.17, 15) is 18.0 Å². The first-order valence-electron chi connectivity index (χ1n) is 6.26. The molecule has 21 heavy (non-hydrogen) atoms. The van der Waals surface area contributed by atoms with Crippen LogP contribution in [0.25, 0.3) is 0 Å². The zero-order chi connectivity index (χ0) is 15.7. The van der Waals surface area contributed by atoms with Gasteiger partial charge in [0, 0.05) is 18.3 Å². The lowest BCUT2D eigenvalue weighted by atomic mass is 10.3. The fourth-order valence-electron chi connectivity index (χ4n) is 1.40. The van der Waals surface area contributed by atoms with Crippen molar-refractivity contribution in [3.05, 3.63) is 24.3 Å². The highest BCUT2D eigenvalue weighted by Crippen LogP contribution is 2.14. The second kappa shape index (κ2) is 8.35. The second-order valence-electron chi connectivity index (χ2n) is 4.19. The van der Waals surface area contributed by atoms with Gasteiger partial charge in [-0.25, -0.2) is 0 Å². The van der Waals surface area contributed by atoms with Crippen molar-refractivity contribution in [2.24, 2.45) is 0 Å². The minimum Gasteiger partial charge on any atom is -0.493 e. The van der Waals surface area contributed by atoms with Gasteiger partial charge in [-0.1, -0.05) is 6.07 Å². The Balaban J connectivity index is 2.06. The molecular formula is C13H17F3N2O3. The Hall–Kier alpha value is -1.96. The Labute approximate surface area is 120 Å². The molecule has 3 N–H and O–H groups in total. The van der Waals surface area contributed by atoms with Crippen LogP contribution in [0, 0.1) is 0 Å². The molecule has 1 amide bonds. The molecule has 1 aromatic carbocycles. The van der Waals surface area contributed by atoms with Crippen LogP contribution >= 0.6 is 0 Å². The number of nitrogens with two attached hydrogens (primary N) is 1. The number of alkyl halides is 3. The number of ether oxygens (including phenoxy) is 2. The highest BCUT2D eigenvalue weighted by Gasteiger charge is 2.27. The van der Waals surface area contributed by atoms with Crippen molar-refractivity contribution in [3.8, 4) is 5.75 Å². The lowest BCUT2D eigenvalue weighted by Crippen LogP contribution is -2.29. The topological polar surface area (TPSA) is 73.6 Å². The van der Waals surface area contributed by atoms with Crippen molar-refractivity contribution in [1.82, 2.24) is 5.32 Å². The number of carbonyl (C=O) groups is 1. The third kappa shape index (κ3) is 8.74. The van der Waals surface area contributed by atoms with Crippen LogP contribution < -0.4 is 15.8 Å². The van der Waals surface area contributed by atoms with Crippen LogP contribution in [0.4, 0.5) is 18.9 Å². The average Bonchev–Trinajstić information content (AvgIpc) is 2.37. The van der Waals surface area contributed by atoms with Crippen LogP contribution in [0.5, 0.6) is 5.75 Å². The molecule has 0 aliphatic rings. The van der Waals surface area contributed by atoms with E-state index in [0.717, 1.165) is 0 Å². The van der Waals surface area contributed by atoms with E-state index >= 15 is 0 Å². The molecule has 0 spiro atoms. The third-order valence-corrected chi connectivity index (χ3v) is 2.29. The average molecular weight is 306 g/mol. The fourth-order valence-corrected chi connectivity index (χ4v) is 1.40. The van der Waals surface area contributed by atoms with Crippen molar-refractivity contribution in [2.45, 2.75) is 12.6 Å². The molecule has 0 aliphatic heterocycles. The van der Waals surface area contributed by atoms with Gasteiger partial charge in [0.05, 0.1) is 19.6 Å². The van der Waals surface area contributed by atoms with E-state index in [2.05, 4.69) is 10.1 Å². The zero-order valence-electron chi connectivity index (χ0n) is 11.3. The Morgan fingerprint density at radius 3 is 2.71 bits per heavy atom. The molecule has 8 heteroatoms. The molecule has 118 valence electrons. The summed E-state index contributed by atoms with van der Waals surface area (Å²) < 4.78 is 44.9.